The molecule has 1 heterocycles. The van der Waals surface area contributed by atoms with Gasteiger partial charge in [-0.05, 0) is 26.8 Å². The Morgan fingerprint density at radius 2 is 2.07 bits per heavy atom. The smallest absolute Gasteiger partial charge is 0.213 e. The fourth-order valence-corrected chi connectivity index (χ4v) is 1.21. The van der Waals surface area contributed by atoms with Crippen molar-refractivity contribution in [1.29, 1.82) is 0 Å². The van der Waals surface area contributed by atoms with Crippen molar-refractivity contribution in [2.45, 2.75) is 39.3 Å². The Balaban J connectivity index is 2.68. The number of aromatic nitrogens is 1. The van der Waals surface area contributed by atoms with Crippen molar-refractivity contribution in [3.05, 3.63) is 23.9 Å². The molecular weight excluding hydrogens is 176 g/mol. The van der Waals surface area contributed by atoms with Crippen molar-refractivity contribution in [2.24, 2.45) is 5.73 Å². The van der Waals surface area contributed by atoms with E-state index in [1.54, 1.807) is 0 Å². The normalized spacial score (nSPS) is 12.9. The molecule has 0 bridgehead atoms. The molecule has 14 heavy (non-hydrogen) atoms. The summed E-state index contributed by atoms with van der Waals surface area (Å²) in [7, 11) is 0. The van der Waals surface area contributed by atoms with Crippen molar-refractivity contribution in [3.63, 3.8) is 0 Å². The second-order valence-corrected chi connectivity index (χ2v) is 3.82. The lowest BCUT2D eigenvalue weighted by molar-refractivity contribution is 0.232. The van der Waals surface area contributed by atoms with Crippen LogP contribution in [0.5, 0.6) is 5.88 Å². The molecule has 0 aliphatic carbocycles. The molecule has 3 heteroatoms. The number of hydrogen-bond donors (Lipinski definition) is 1. The predicted molar refractivity (Wildman–Crippen MR) is 57.4 cm³/mol. The van der Waals surface area contributed by atoms with Crippen LogP contribution in [0.15, 0.2) is 18.2 Å². The highest BCUT2D eigenvalue weighted by atomic mass is 16.5. The summed E-state index contributed by atoms with van der Waals surface area (Å²) in [4.78, 5) is 4.35. The van der Waals surface area contributed by atoms with Crippen LogP contribution in [0.3, 0.4) is 0 Å². The summed E-state index contributed by atoms with van der Waals surface area (Å²) in [5, 5.41) is 0. The van der Waals surface area contributed by atoms with Crippen molar-refractivity contribution in [1.82, 2.24) is 4.98 Å². The summed E-state index contributed by atoms with van der Waals surface area (Å²) in [5.41, 5.74) is 6.68. The Morgan fingerprint density at radius 3 is 2.64 bits per heavy atom. The van der Waals surface area contributed by atoms with Gasteiger partial charge in [0.1, 0.15) is 0 Å². The van der Waals surface area contributed by atoms with Gasteiger partial charge in [0.2, 0.25) is 5.88 Å². The van der Waals surface area contributed by atoms with Crippen molar-refractivity contribution in [2.75, 3.05) is 0 Å². The Hall–Kier alpha value is -1.09. The molecule has 1 aromatic heterocycles. The molecule has 0 saturated carbocycles. The molecule has 0 unspecified atom stereocenters. The van der Waals surface area contributed by atoms with E-state index in [2.05, 4.69) is 4.98 Å². The Kier molecular flexibility index (Phi) is 3.89. The third kappa shape index (κ3) is 3.75. The van der Waals surface area contributed by atoms with Gasteiger partial charge in [0, 0.05) is 24.2 Å². The first-order chi connectivity index (χ1) is 6.58. The second-order valence-electron chi connectivity index (χ2n) is 3.82. The van der Waals surface area contributed by atoms with Gasteiger partial charge in [0.15, 0.2) is 0 Å². The third-order valence-electron chi connectivity index (χ3n) is 1.67. The van der Waals surface area contributed by atoms with E-state index in [1.807, 2.05) is 39.0 Å². The summed E-state index contributed by atoms with van der Waals surface area (Å²) < 4.78 is 5.48. The average Bonchev–Trinajstić information content (AvgIpc) is 2.01. The lowest BCUT2D eigenvalue weighted by Crippen LogP contribution is -2.18. The Bertz CT molecular complexity index is 259. The summed E-state index contributed by atoms with van der Waals surface area (Å²) in [6.07, 6.45) is 0.947. The summed E-state index contributed by atoms with van der Waals surface area (Å²) >= 11 is 0. The maximum Gasteiger partial charge on any atom is 0.213 e. The van der Waals surface area contributed by atoms with Crippen LogP contribution in [0, 0.1) is 0 Å². The lowest BCUT2D eigenvalue weighted by Gasteiger charge is -2.10. The molecule has 1 atom stereocenters. The van der Waals surface area contributed by atoms with Gasteiger partial charge in [-0.25, -0.2) is 4.98 Å². The number of ether oxygens (including phenoxy) is 1. The highest BCUT2D eigenvalue weighted by Crippen LogP contribution is 2.10. The summed E-state index contributed by atoms with van der Waals surface area (Å²) in [6.45, 7) is 5.94. The fraction of sp³-hybridized carbons (Fsp3) is 0.545. The highest BCUT2D eigenvalue weighted by Gasteiger charge is 2.02. The van der Waals surface area contributed by atoms with E-state index < -0.39 is 0 Å². The van der Waals surface area contributed by atoms with Gasteiger partial charge in [-0.15, -0.1) is 0 Å². The van der Waals surface area contributed by atoms with Crippen molar-refractivity contribution in [3.8, 4) is 5.88 Å². The number of hydrogen-bond acceptors (Lipinski definition) is 3. The standard InChI is InChI=1S/C11H18N2O/c1-8(2)14-11-6-4-5-10(13-11)7-9(3)12/h4-6,8-9H,7,12H2,1-3H3/t9-/m0/s1. The van der Waals surface area contributed by atoms with Gasteiger partial charge in [-0.2, -0.15) is 0 Å². The number of rotatable bonds is 4. The zero-order chi connectivity index (χ0) is 10.6. The minimum Gasteiger partial charge on any atom is -0.475 e. The first-order valence-corrected chi connectivity index (χ1v) is 4.96. The van der Waals surface area contributed by atoms with E-state index in [0.29, 0.717) is 5.88 Å². The summed E-state index contributed by atoms with van der Waals surface area (Å²) in [6, 6.07) is 5.92. The molecule has 0 saturated heterocycles. The zero-order valence-electron chi connectivity index (χ0n) is 9.03. The molecular formula is C11H18N2O. The molecule has 0 aliphatic rings. The van der Waals surface area contributed by atoms with Crippen LogP contribution in [-0.4, -0.2) is 17.1 Å². The molecule has 78 valence electrons. The first-order valence-electron chi connectivity index (χ1n) is 4.96. The van der Waals surface area contributed by atoms with Gasteiger partial charge >= 0.3 is 0 Å². The third-order valence-corrected chi connectivity index (χ3v) is 1.67. The van der Waals surface area contributed by atoms with E-state index in [9.17, 15) is 0 Å². The largest absolute Gasteiger partial charge is 0.475 e. The molecule has 0 amide bonds. The zero-order valence-corrected chi connectivity index (χ0v) is 9.03. The SMILES string of the molecule is CC(C)Oc1cccc(C[C@H](C)N)n1. The maximum absolute atomic E-state index is 5.69. The molecule has 1 aromatic rings. The van der Waals surface area contributed by atoms with Crippen LogP contribution in [0.4, 0.5) is 0 Å². The minimum absolute atomic E-state index is 0.136. The first kappa shape index (κ1) is 11.0. The van der Waals surface area contributed by atoms with Gasteiger partial charge < -0.3 is 10.5 Å². The lowest BCUT2D eigenvalue weighted by atomic mass is 10.2. The average molecular weight is 194 g/mol. The number of nitrogens with zero attached hydrogens (tertiary/aromatic N) is 1. The maximum atomic E-state index is 5.69. The molecule has 0 fully saturated rings. The van der Waals surface area contributed by atoms with Gasteiger partial charge in [-0.3, -0.25) is 0 Å². The van der Waals surface area contributed by atoms with Crippen molar-refractivity contribution < 1.29 is 4.74 Å². The van der Waals surface area contributed by atoms with Gasteiger partial charge in [0.25, 0.3) is 0 Å². The van der Waals surface area contributed by atoms with E-state index in [4.69, 9.17) is 10.5 Å². The second kappa shape index (κ2) is 4.96. The number of pyridine rings is 1. The topological polar surface area (TPSA) is 48.1 Å². The quantitative estimate of drug-likeness (QED) is 0.794. The molecule has 0 aliphatic heterocycles. The fourth-order valence-electron chi connectivity index (χ4n) is 1.21. The van der Waals surface area contributed by atoms with Gasteiger partial charge in [-0.1, -0.05) is 6.07 Å². The van der Waals surface area contributed by atoms with Crippen molar-refractivity contribution >= 4 is 0 Å². The molecule has 0 spiro atoms. The molecule has 3 nitrogen and oxygen atoms in total. The van der Waals surface area contributed by atoms with E-state index >= 15 is 0 Å². The van der Waals surface area contributed by atoms with E-state index in [-0.39, 0.29) is 12.1 Å². The molecule has 2 N–H and O–H groups in total. The van der Waals surface area contributed by atoms with E-state index in [0.717, 1.165) is 12.1 Å². The van der Waals surface area contributed by atoms with Crippen LogP contribution < -0.4 is 10.5 Å². The molecule has 0 aromatic carbocycles. The predicted octanol–water partition coefficient (Wildman–Crippen LogP) is 1.76. The van der Waals surface area contributed by atoms with Crippen LogP contribution >= 0.6 is 0 Å². The molecule has 0 radical (unpaired) electrons. The molecule has 1 rings (SSSR count). The van der Waals surface area contributed by atoms with Crippen LogP contribution in [0.2, 0.25) is 0 Å². The minimum atomic E-state index is 0.136. The van der Waals surface area contributed by atoms with Crippen LogP contribution in [-0.2, 0) is 6.42 Å². The number of nitrogens with two attached hydrogens (primary N) is 1. The van der Waals surface area contributed by atoms with Gasteiger partial charge in [0.05, 0.1) is 6.10 Å². The van der Waals surface area contributed by atoms with Crippen LogP contribution in [0.1, 0.15) is 26.5 Å². The monoisotopic (exact) mass is 194 g/mol. The van der Waals surface area contributed by atoms with Crippen LogP contribution in [0.25, 0.3) is 0 Å². The highest BCUT2D eigenvalue weighted by molar-refractivity contribution is 5.16. The Morgan fingerprint density at radius 1 is 1.36 bits per heavy atom. The van der Waals surface area contributed by atoms with E-state index in [1.165, 1.54) is 0 Å². The summed E-state index contributed by atoms with van der Waals surface area (Å²) in [5.74, 6) is 0.679. The Labute approximate surface area is 85.3 Å².